The molecule has 110 valence electrons. The van der Waals surface area contributed by atoms with Gasteiger partial charge in [0.25, 0.3) is 5.69 Å². The van der Waals surface area contributed by atoms with Crippen LogP contribution in [0.5, 0.6) is 0 Å². The molecule has 0 aromatic heterocycles. The van der Waals surface area contributed by atoms with Crippen molar-refractivity contribution in [1.82, 2.24) is 9.80 Å². The zero-order valence-electron chi connectivity index (χ0n) is 11.9. The largest absolute Gasteiger partial charge is 0.393 e. The summed E-state index contributed by atoms with van der Waals surface area (Å²) in [5.74, 6) is 0. The number of nitrogens with two attached hydrogens (primary N) is 1. The van der Waals surface area contributed by atoms with Gasteiger partial charge in [0.05, 0.1) is 4.92 Å². The van der Waals surface area contributed by atoms with Gasteiger partial charge in [0.1, 0.15) is 5.69 Å². The summed E-state index contributed by atoms with van der Waals surface area (Å²) >= 11 is 0. The van der Waals surface area contributed by atoms with Gasteiger partial charge in [0, 0.05) is 38.8 Å². The number of hydrogen-bond acceptors (Lipinski definition) is 5. The molecule has 1 aliphatic heterocycles. The third-order valence-electron chi connectivity index (χ3n) is 3.70. The highest BCUT2D eigenvalue weighted by atomic mass is 16.6. The fourth-order valence-electron chi connectivity index (χ4n) is 2.61. The minimum absolute atomic E-state index is 0.0125. The average molecular weight is 278 g/mol. The van der Waals surface area contributed by atoms with Crippen molar-refractivity contribution >= 4 is 11.4 Å². The zero-order chi connectivity index (χ0) is 14.5. The highest BCUT2D eigenvalue weighted by Crippen LogP contribution is 2.23. The highest BCUT2D eigenvalue weighted by Gasteiger charge is 2.17. The lowest BCUT2D eigenvalue weighted by Crippen LogP contribution is -2.45. The Balaban J connectivity index is 1.91. The number of hydrogen-bond donors (Lipinski definition) is 1. The van der Waals surface area contributed by atoms with E-state index in [0.717, 1.165) is 44.8 Å². The van der Waals surface area contributed by atoms with Crippen molar-refractivity contribution in [3.05, 3.63) is 33.9 Å². The molecule has 0 bridgehead atoms. The van der Waals surface area contributed by atoms with Crippen LogP contribution in [0, 0.1) is 10.1 Å². The van der Waals surface area contributed by atoms with Gasteiger partial charge in [0.2, 0.25) is 0 Å². The molecule has 1 saturated heterocycles. The van der Waals surface area contributed by atoms with Crippen LogP contribution in [0.1, 0.15) is 18.9 Å². The van der Waals surface area contributed by atoms with Crippen LogP contribution < -0.4 is 5.73 Å². The number of nitro benzene ring substituents is 1. The third kappa shape index (κ3) is 3.68. The summed E-state index contributed by atoms with van der Waals surface area (Å²) in [5.41, 5.74) is 6.99. The fourth-order valence-corrected chi connectivity index (χ4v) is 2.61. The Bertz CT molecular complexity index is 470. The van der Waals surface area contributed by atoms with E-state index in [2.05, 4.69) is 16.7 Å². The van der Waals surface area contributed by atoms with Crippen LogP contribution in [0.25, 0.3) is 0 Å². The molecule has 1 aliphatic rings. The van der Waals surface area contributed by atoms with Gasteiger partial charge in [-0.25, -0.2) is 0 Å². The quantitative estimate of drug-likeness (QED) is 0.504. The zero-order valence-corrected chi connectivity index (χ0v) is 11.9. The van der Waals surface area contributed by atoms with Gasteiger partial charge in [-0.3, -0.25) is 15.0 Å². The van der Waals surface area contributed by atoms with Crippen molar-refractivity contribution in [3.63, 3.8) is 0 Å². The SMILES string of the molecule is CCCN1CCN(Cc2ccc([N+](=O)[O-])c(N)c2)CC1. The maximum absolute atomic E-state index is 10.7. The van der Waals surface area contributed by atoms with Crippen molar-refractivity contribution in [1.29, 1.82) is 0 Å². The van der Waals surface area contributed by atoms with Crippen molar-refractivity contribution in [2.45, 2.75) is 19.9 Å². The number of benzene rings is 1. The minimum Gasteiger partial charge on any atom is -0.393 e. The van der Waals surface area contributed by atoms with E-state index in [4.69, 9.17) is 5.73 Å². The van der Waals surface area contributed by atoms with Crippen LogP contribution in [-0.2, 0) is 6.54 Å². The second kappa shape index (κ2) is 6.67. The summed E-state index contributed by atoms with van der Waals surface area (Å²) in [6.45, 7) is 8.44. The molecule has 2 rings (SSSR count). The third-order valence-corrected chi connectivity index (χ3v) is 3.70. The lowest BCUT2D eigenvalue weighted by atomic mass is 10.1. The Morgan fingerprint density at radius 1 is 1.25 bits per heavy atom. The molecule has 1 heterocycles. The first-order valence-electron chi connectivity index (χ1n) is 7.07. The number of nitro groups is 1. The molecule has 0 amide bonds. The number of piperazine rings is 1. The molecule has 1 fully saturated rings. The van der Waals surface area contributed by atoms with Crippen LogP contribution in [0.15, 0.2) is 18.2 Å². The van der Waals surface area contributed by atoms with E-state index in [1.807, 2.05) is 0 Å². The molecule has 6 heteroatoms. The van der Waals surface area contributed by atoms with Gasteiger partial charge < -0.3 is 10.6 Å². The Morgan fingerprint density at radius 3 is 2.45 bits per heavy atom. The standard InChI is InChI=1S/C14H22N4O2/c1-2-5-16-6-8-17(9-7-16)11-12-3-4-14(18(19)20)13(15)10-12/h3-4,10H,2,5-9,11,15H2,1H3. The van der Waals surface area contributed by atoms with Crippen LogP contribution >= 0.6 is 0 Å². The van der Waals surface area contributed by atoms with Gasteiger partial charge in [-0.05, 0) is 24.6 Å². The maximum Gasteiger partial charge on any atom is 0.292 e. The van der Waals surface area contributed by atoms with Gasteiger partial charge in [-0.15, -0.1) is 0 Å². The van der Waals surface area contributed by atoms with E-state index in [1.54, 1.807) is 12.1 Å². The van der Waals surface area contributed by atoms with E-state index in [0.29, 0.717) is 0 Å². The highest BCUT2D eigenvalue weighted by molar-refractivity contribution is 5.59. The Hall–Kier alpha value is -1.66. The molecule has 0 saturated carbocycles. The predicted molar refractivity (Wildman–Crippen MR) is 79.5 cm³/mol. The molecule has 1 aromatic rings. The minimum atomic E-state index is -0.442. The van der Waals surface area contributed by atoms with Gasteiger partial charge >= 0.3 is 0 Å². The second-order valence-corrected chi connectivity index (χ2v) is 5.27. The molecule has 6 nitrogen and oxygen atoms in total. The Labute approximate surface area is 119 Å². The first kappa shape index (κ1) is 14.7. The summed E-state index contributed by atoms with van der Waals surface area (Å²) < 4.78 is 0. The molecule has 0 spiro atoms. The Kier molecular flexibility index (Phi) is 4.92. The van der Waals surface area contributed by atoms with E-state index in [-0.39, 0.29) is 11.4 Å². The van der Waals surface area contributed by atoms with Crippen LogP contribution in [0.4, 0.5) is 11.4 Å². The number of anilines is 1. The number of rotatable bonds is 5. The summed E-state index contributed by atoms with van der Waals surface area (Å²) in [4.78, 5) is 15.1. The predicted octanol–water partition coefficient (Wildman–Crippen LogP) is 1.70. The van der Waals surface area contributed by atoms with E-state index < -0.39 is 4.92 Å². The molecule has 0 atom stereocenters. The molecule has 20 heavy (non-hydrogen) atoms. The summed E-state index contributed by atoms with van der Waals surface area (Å²) in [6, 6.07) is 5.02. The average Bonchev–Trinajstić information content (AvgIpc) is 2.41. The molecular weight excluding hydrogens is 256 g/mol. The van der Waals surface area contributed by atoms with Crippen molar-refractivity contribution in [3.8, 4) is 0 Å². The van der Waals surface area contributed by atoms with Crippen LogP contribution in [0.3, 0.4) is 0 Å². The second-order valence-electron chi connectivity index (χ2n) is 5.27. The molecule has 2 N–H and O–H groups in total. The number of nitrogen functional groups attached to an aromatic ring is 1. The fraction of sp³-hybridized carbons (Fsp3) is 0.571. The molecule has 0 aliphatic carbocycles. The summed E-state index contributed by atoms with van der Waals surface area (Å²) in [7, 11) is 0. The monoisotopic (exact) mass is 278 g/mol. The van der Waals surface area contributed by atoms with E-state index in [9.17, 15) is 10.1 Å². The lowest BCUT2D eigenvalue weighted by Gasteiger charge is -2.34. The van der Waals surface area contributed by atoms with Crippen LogP contribution in [0.2, 0.25) is 0 Å². The van der Waals surface area contributed by atoms with Crippen LogP contribution in [-0.4, -0.2) is 47.4 Å². The van der Waals surface area contributed by atoms with Crippen molar-refractivity contribution < 1.29 is 4.92 Å². The summed E-state index contributed by atoms with van der Waals surface area (Å²) in [6.07, 6.45) is 1.19. The molecule has 0 unspecified atom stereocenters. The van der Waals surface area contributed by atoms with Gasteiger partial charge in [-0.2, -0.15) is 0 Å². The normalized spacial score (nSPS) is 17.2. The first-order chi connectivity index (χ1) is 9.60. The summed E-state index contributed by atoms with van der Waals surface area (Å²) in [5, 5.41) is 10.7. The van der Waals surface area contributed by atoms with Crippen molar-refractivity contribution in [2.75, 3.05) is 38.5 Å². The van der Waals surface area contributed by atoms with E-state index in [1.165, 1.54) is 12.5 Å². The molecular formula is C14H22N4O2. The molecule has 1 aromatic carbocycles. The van der Waals surface area contributed by atoms with Gasteiger partial charge in [0.15, 0.2) is 0 Å². The van der Waals surface area contributed by atoms with E-state index >= 15 is 0 Å². The van der Waals surface area contributed by atoms with Crippen molar-refractivity contribution in [2.24, 2.45) is 0 Å². The maximum atomic E-state index is 10.7. The topological polar surface area (TPSA) is 75.6 Å². The first-order valence-corrected chi connectivity index (χ1v) is 7.07. The molecule has 0 radical (unpaired) electrons. The lowest BCUT2D eigenvalue weighted by molar-refractivity contribution is -0.383. The smallest absolute Gasteiger partial charge is 0.292 e. The number of nitrogens with zero attached hydrogens (tertiary/aromatic N) is 3. The van der Waals surface area contributed by atoms with Gasteiger partial charge in [-0.1, -0.05) is 13.0 Å². The Morgan fingerprint density at radius 2 is 1.90 bits per heavy atom.